The fourth-order valence-electron chi connectivity index (χ4n) is 0.927. The number of nitrogens with two attached hydrogens (primary N) is 1. The maximum absolute atomic E-state index is 5.59. The highest BCUT2D eigenvalue weighted by atomic mass is 14.6. The number of aryl methyl sites for hydroxylation is 1. The lowest BCUT2D eigenvalue weighted by molar-refractivity contribution is 0.930. The van der Waals surface area contributed by atoms with Gasteiger partial charge in [-0.3, -0.25) is 4.98 Å². The van der Waals surface area contributed by atoms with E-state index in [-0.39, 0.29) is 6.04 Å². The summed E-state index contributed by atoms with van der Waals surface area (Å²) >= 11 is 0. The van der Waals surface area contributed by atoms with Crippen LogP contribution in [0.1, 0.15) is 18.1 Å². The van der Waals surface area contributed by atoms with E-state index in [1.165, 1.54) is 11.1 Å². The highest BCUT2D eigenvalue weighted by Gasteiger charge is 1.91. The molecular weight excluding hydrogens is 148 g/mol. The molecule has 0 spiro atoms. The first kappa shape index (κ1) is 8.94. The summed E-state index contributed by atoms with van der Waals surface area (Å²) < 4.78 is 0. The molecule has 0 aliphatic carbocycles. The lowest BCUT2D eigenvalue weighted by atomic mass is 10.1. The van der Waals surface area contributed by atoms with Crippen LogP contribution in [0.15, 0.2) is 24.5 Å². The Morgan fingerprint density at radius 2 is 2.33 bits per heavy atom. The van der Waals surface area contributed by atoms with E-state index in [4.69, 9.17) is 5.73 Å². The topological polar surface area (TPSA) is 38.9 Å². The molecule has 64 valence electrons. The number of nitrogens with zero attached hydrogens (tertiary/aromatic N) is 1. The minimum atomic E-state index is 0.109. The van der Waals surface area contributed by atoms with Crippen LogP contribution < -0.4 is 5.73 Å². The Labute approximate surface area is 73.1 Å². The highest BCUT2D eigenvalue weighted by Crippen LogP contribution is 2.06. The molecule has 0 aliphatic heterocycles. The van der Waals surface area contributed by atoms with Crippen molar-refractivity contribution in [3.8, 4) is 0 Å². The molecule has 0 aromatic carbocycles. The van der Waals surface area contributed by atoms with Gasteiger partial charge in [0.2, 0.25) is 0 Å². The number of hydrogen-bond donors (Lipinski definition) is 1. The van der Waals surface area contributed by atoms with Crippen molar-refractivity contribution in [1.29, 1.82) is 0 Å². The van der Waals surface area contributed by atoms with Gasteiger partial charge >= 0.3 is 0 Å². The quantitative estimate of drug-likeness (QED) is 0.719. The van der Waals surface area contributed by atoms with Gasteiger partial charge in [-0.25, -0.2) is 0 Å². The molecule has 2 nitrogen and oxygen atoms in total. The van der Waals surface area contributed by atoms with E-state index in [2.05, 4.69) is 4.98 Å². The van der Waals surface area contributed by atoms with E-state index >= 15 is 0 Å². The van der Waals surface area contributed by atoms with Gasteiger partial charge in [-0.15, -0.1) is 0 Å². The van der Waals surface area contributed by atoms with E-state index in [1.54, 1.807) is 6.20 Å². The number of aromatic nitrogens is 1. The highest BCUT2D eigenvalue weighted by molar-refractivity contribution is 5.52. The molecule has 0 saturated heterocycles. The molecule has 0 bridgehead atoms. The number of hydrogen-bond acceptors (Lipinski definition) is 2. The van der Waals surface area contributed by atoms with Crippen LogP contribution in [-0.4, -0.2) is 11.0 Å². The minimum Gasteiger partial charge on any atom is -0.325 e. The van der Waals surface area contributed by atoms with Crippen molar-refractivity contribution >= 4 is 6.08 Å². The maximum Gasteiger partial charge on any atom is 0.0303 e. The summed E-state index contributed by atoms with van der Waals surface area (Å²) in [6, 6.07) is 2.09. The zero-order valence-corrected chi connectivity index (χ0v) is 7.49. The Bertz CT molecular complexity index is 277. The SMILES string of the molecule is Cc1cnccc1/C=C/C(C)N. The predicted molar refractivity (Wildman–Crippen MR) is 51.7 cm³/mol. The molecule has 1 unspecified atom stereocenters. The van der Waals surface area contributed by atoms with Crippen LogP contribution in [0, 0.1) is 6.92 Å². The van der Waals surface area contributed by atoms with Gasteiger partial charge in [0.1, 0.15) is 0 Å². The molecule has 0 radical (unpaired) electrons. The molecule has 0 amide bonds. The maximum atomic E-state index is 5.59. The first-order chi connectivity index (χ1) is 5.70. The molecule has 1 heterocycles. The molecule has 0 saturated carbocycles. The molecule has 1 aromatic heterocycles. The van der Waals surface area contributed by atoms with Gasteiger partial charge in [0, 0.05) is 18.4 Å². The van der Waals surface area contributed by atoms with E-state index in [0.717, 1.165) is 0 Å². The van der Waals surface area contributed by atoms with Gasteiger partial charge in [0.15, 0.2) is 0 Å². The number of rotatable bonds is 2. The molecule has 2 heteroatoms. The van der Waals surface area contributed by atoms with Gasteiger partial charge in [-0.1, -0.05) is 12.2 Å². The third-order valence-corrected chi connectivity index (χ3v) is 1.64. The van der Waals surface area contributed by atoms with Crippen molar-refractivity contribution in [2.75, 3.05) is 0 Å². The first-order valence-corrected chi connectivity index (χ1v) is 4.04. The zero-order chi connectivity index (χ0) is 8.97. The minimum absolute atomic E-state index is 0.109. The lowest BCUT2D eigenvalue weighted by Gasteiger charge is -1.98. The van der Waals surface area contributed by atoms with Crippen LogP contribution in [0.5, 0.6) is 0 Å². The Balaban J connectivity index is 2.82. The van der Waals surface area contributed by atoms with Crippen molar-refractivity contribution in [3.63, 3.8) is 0 Å². The van der Waals surface area contributed by atoms with Crippen LogP contribution in [0.25, 0.3) is 6.08 Å². The molecule has 1 rings (SSSR count). The summed E-state index contributed by atoms with van der Waals surface area (Å²) in [5.41, 5.74) is 7.95. The summed E-state index contributed by atoms with van der Waals surface area (Å²) in [5, 5.41) is 0. The Kier molecular flexibility index (Phi) is 3.00. The van der Waals surface area contributed by atoms with Crippen LogP contribution in [0.2, 0.25) is 0 Å². The van der Waals surface area contributed by atoms with E-state index in [1.807, 2.05) is 38.3 Å². The molecular formula is C10H14N2. The second kappa shape index (κ2) is 4.02. The summed E-state index contributed by atoms with van der Waals surface area (Å²) in [4.78, 5) is 4.01. The first-order valence-electron chi connectivity index (χ1n) is 4.04. The van der Waals surface area contributed by atoms with Gasteiger partial charge in [0.25, 0.3) is 0 Å². The van der Waals surface area contributed by atoms with E-state index in [9.17, 15) is 0 Å². The predicted octanol–water partition coefficient (Wildman–Crippen LogP) is 1.75. The van der Waals surface area contributed by atoms with E-state index in [0.29, 0.717) is 0 Å². The lowest BCUT2D eigenvalue weighted by Crippen LogP contribution is -2.09. The summed E-state index contributed by atoms with van der Waals surface area (Å²) in [6.07, 6.45) is 7.64. The van der Waals surface area contributed by atoms with Crippen molar-refractivity contribution in [1.82, 2.24) is 4.98 Å². The molecule has 2 N–H and O–H groups in total. The van der Waals surface area contributed by atoms with Crippen molar-refractivity contribution in [3.05, 3.63) is 35.7 Å². The third-order valence-electron chi connectivity index (χ3n) is 1.64. The molecule has 1 aromatic rings. The van der Waals surface area contributed by atoms with Crippen LogP contribution in [0.4, 0.5) is 0 Å². The Hall–Kier alpha value is -1.15. The van der Waals surface area contributed by atoms with Crippen molar-refractivity contribution in [2.24, 2.45) is 5.73 Å². The van der Waals surface area contributed by atoms with Gasteiger partial charge < -0.3 is 5.73 Å². The Morgan fingerprint density at radius 3 is 2.92 bits per heavy atom. The summed E-state index contributed by atoms with van der Waals surface area (Å²) in [6.45, 7) is 3.99. The summed E-state index contributed by atoms with van der Waals surface area (Å²) in [5.74, 6) is 0. The Morgan fingerprint density at radius 1 is 1.58 bits per heavy atom. The largest absolute Gasteiger partial charge is 0.325 e. The molecule has 1 atom stereocenters. The van der Waals surface area contributed by atoms with Gasteiger partial charge in [-0.2, -0.15) is 0 Å². The number of pyridine rings is 1. The second-order valence-electron chi connectivity index (χ2n) is 2.95. The van der Waals surface area contributed by atoms with Crippen LogP contribution in [-0.2, 0) is 0 Å². The normalized spacial score (nSPS) is 13.6. The second-order valence-corrected chi connectivity index (χ2v) is 2.95. The molecule has 0 aliphatic rings. The van der Waals surface area contributed by atoms with Crippen LogP contribution in [0.3, 0.4) is 0 Å². The fraction of sp³-hybridized carbons (Fsp3) is 0.300. The fourth-order valence-corrected chi connectivity index (χ4v) is 0.927. The smallest absolute Gasteiger partial charge is 0.0303 e. The average Bonchev–Trinajstić information content (AvgIpc) is 2.03. The third kappa shape index (κ3) is 2.47. The molecule has 12 heavy (non-hydrogen) atoms. The van der Waals surface area contributed by atoms with Crippen molar-refractivity contribution < 1.29 is 0 Å². The van der Waals surface area contributed by atoms with Crippen LogP contribution >= 0.6 is 0 Å². The van der Waals surface area contributed by atoms with Crippen molar-refractivity contribution in [2.45, 2.75) is 19.9 Å². The van der Waals surface area contributed by atoms with Gasteiger partial charge in [0.05, 0.1) is 0 Å². The zero-order valence-electron chi connectivity index (χ0n) is 7.49. The van der Waals surface area contributed by atoms with Gasteiger partial charge in [-0.05, 0) is 31.0 Å². The monoisotopic (exact) mass is 162 g/mol. The molecule has 0 fully saturated rings. The standard InChI is InChI=1S/C10H14N2/c1-8-7-12-6-5-10(8)4-3-9(2)11/h3-7,9H,11H2,1-2H3/b4-3+. The summed E-state index contributed by atoms with van der Waals surface area (Å²) in [7, 11) is 0. The average molecular weight is 162 g/mol. The van der Waals surface area contributed by atoms with E-state index < -0.39 is 0 Å².